The van der Waals surface area contributed by atoms with Crippen molar-refractivity contribution in [2.75, 3.05) is 0 Å². The summed E-state index contributed by atoms with van der Waals surface area (Å²) in [5.41, 5.74) is 0.984. The molecule has 0 bridgehead atoms. The summed E-state index contributed by atoms with van der Waals surface area (Å²) in [4.78, 5) is 0. The van der Waals surface area contributed by atoms with E-state index in [-0.39, 0.29) is 6.10 Å². The minimum atomic E-state index is -0.600. The van der Waals surface area contributed by atoms with E-state index in [0.717, 1.165) is 5.57 Å². The highest BCUT2D eigenvalue weighted by atomic mass is 16.6. The third-order valence-electron chi connectivity index (χ3n) is 1.37. The van der Waals surface area contributed by atoms with E-state index in [1.807, 2.05) is 6.92 Å². The van der Waals surface area contributed by atoms with Crippen molar-refractivity contribution in [1.29, 1.82) is 0 Å². The highest BCUT2D eigenvalue weighted by Crippen LogP contribution is 2.21. The van der Waals surface area contributed by atoms with Crippen LogP contribution < -0.4 is 0 Å². The number of hydrogen-bond acceptors (Lipinski definition) is 2. The fourth-order valence-corrected chi connectivity index (χ4v) is 0.770. The van der Waals surface area contributed by atoms with Crippen LogP contribution in [0.3, 0.4) is 0 Å². The number of hydrogen-bond donors (Lipinski definition) is 1. The molecule has 8 heavy (non-hydrogen) atoms. The molecule has 0 spiro atoms. The molecule has 1 fully saturated rings. The van der Waals surface area contributed by atoms with Crippen LogP contribution in [0.4, 0.5) is 0 Å². The van der Waals surface area contributed by atoms with Crippen molar-refractivity contribution in [3.05, 3.63) is 12.2 Å². The predicted octanol–water partition coefficient (Wildman–Crippen LogP) is 0.670. The Hall–Kier alpha value is -0.340. The maximum Gasteiger partial charge on any atom is 0.159 e. The van der Waals surface area contributed by atoms with Gasteiger partial charge in [-0.3, -0.25) is 0 Å². The lowest BCUT2D eigenvalue weighted by Gasteiger charge is -2.00. The van der Waals surface area contributed by atoms with E-state index >= 15 is 0 Å². The molecular formula is C6H10O2. The van der Waals surface area contributed by atoms with Crippen LogP contribution in [0.1, 0.15) is 13.3 Å². The van der Waals surface area contributed by atoms with Gasteiger partial charge in [0.15, 0.2) is 6.29 Å². The summed E-state index contributed by atoms with van der Waals surface area (Å²) in [6.07, 6.45) is 0.0451. The summed E-state index contributed by atoms with van der Waals surface area (Å²) in [7, 11) is 0. The summed E-state index contributed by atoms with van der Waals surface area (Å²) >= 11 is 0. The maximum atomic E-state index is 8.79. The molecule has 46 valence electrons. The minimum Gasteiger partial charge on any atom is -0.368 e. The molecule has 1 rings (SSSR count). The molecule has 0 unspecified atom stereocenters. The van der Waals surface area contributed by atoms with Gasteiger partial charge in [-0.05, 0) is 12.5 Å². The van der Waals surface area contributed by atoms with Gasteiger partial charge >= 0.3 is 0 Å². The maximum absolute atomic E-state index is 8.79. The number of rotatable bonds is 0. The molecule has 2 heteroatoms. The average molecular weight is 114 g/mol. The number of ether oxygens (including phenoxy) is 1. The molecular weight excluding hydrogens is 104 g/mol. The smallest absolute Gasteiger partial charge is 0.159 e. The predicted molar refractivity (Wildman–Crippen MR) is 30.3 cm³/mol. The van der Waals surface area contributed by atoms with Crippen molar-refractivity contribution < 1.29 is 9.84 Å². The van der Waals surface area contributed by atoms with Gasteiger partial charge in [0.2, 0.25) is 0 Å². The van der Waals surface area contributed by atoms with Crippen LogP contribution in [0, 0.1) is 0 Å². The van der Waals surface area contributed by atoms with Crippen molar-refractivity contribution in [2.24, 2.45) is 0 Å². The first-order valence-electron chi connectivity index (χ1n) is 2.71. The largest absolute Gasteiger partial charge is 0.368 e. The summed E-state index contributed by atoms with van der Waals surface area (Å²) in [6.45, 7) is 5.59. The van der Waals surface area contributed by atoms with Gasteiger partial charge in [-0.1, -0.05) is 6.58 Å². The summed E-state index contributed by atoms with van der Waals surface area (Å²) in [5, 5.41) is 8.79. The average Bonchev–Trinajstić information content (AvgIpc) is 1.85. The van der Waals surface area contributed by atoms with Crippen LogP contribution >= 0.6 is 0 Å². The molecule has 0 amide bonds. The standard InChI is InChI=1S/C6H10O2/c1-4-3-6(7)8-5(4)2/h5-7H,1,3H2,2H3/t5-,6-/m1/s1. The van der Waals surface area contributed by atoms with E-state index < -0.39 is 6.29 Å². The van der Waals surface area contributed by atoms with Crippen LogP contribution in [0.25, 0.3) is 0 Å². The van der Waals surface area contributed by atoms with Gasteiger partial charge in [-0.15, -0.1) is 0 Å². The fourth-order valence-electron chi connectivity index (χ4n) is 0.770. The normalized spacial score (nSPS) is 38.5. The third-order valence-corrected chi connectivity index (χ3v) is 1.37. The first-order valence-corrected chi connectivity index (χ1v) is 2.71. The van der Waals surface area contributed by atoms with Crippen LogP contribution in [-0.4, -0.2) is 17.5 Å². The van der Waals surface area contributed by atoms with Gasteiger partial charge in [0.25, 0.3) is 0 Å². The Labute approximate surface area is 48.8 Å². The van der Waals surface area contributed by atoms with Gasteiger partial charge < -0.3 is 9.84 Å². The molecule has 0 aliphatic carbocycles. The molecule has 1 aliphatic heterocycles. The monoisotopic (exact) mass is 114 g/mol. The van der Waals surface area contributed by atoms with Crippen molar-refractivity contribution >= 4 is 0 Å². The van der Waals surface area contributed by atoms with Gasteiger partial charge in [-0.2, -0.15) is 0 Å². The molecule has 0 radical (unpaired) electrons. The van der Waals surface area contributed by atoms with Crippen molar-refractivity contribution in [1.82, 2.24) is 0 Å². The first kappa shape index (κ1) is 5.79. The van der Waals surface area contributed by atoms with Gasteiger partial charge in [0, 0.05) is 6.42 Å². The zero-order chi connectivity index (χ0) is 6.15. The van der Waals surface area contributed by atoms with Crippen LogP contribution in [0.2, 0.25) is 0 Å². The number of aliphatic hydroxyl groups is 1. The Bertz CT molecular complexity index is 109. The quantitative estimate of drug-likeness (QED) is 0.469. The Morgan fingerprint density at radius 1 is 1.88 bits per heavy atom. The Balaban J connectivity index is 2.51. The van der Waals surface area contributed by atoms with E-state index in [0.29, 0.717) is 6.42 Å². The van der Waals surface area contributed by atoms with E-state index in [4.69, 9.17) is 9.84 Å². The molecule has 0 aromatic carbocycles. The lowest BCUT2D eigenvalue weighted by atomic mass is 10.2. The molecule has 1 N–H and O–H groups in total. The highest BCUT2D eigenvalue weighted by Gasteiger charge is 2.22. The molecule has 0 saturated carbocycles. The molecule has 2 atom stereocenters. The molecule has 2 nitrogen and oxygen atoms in total. The number of aliphatic hydroxyl groups excluding tert-OH is 1. The SMILES string of the molecule is C=C1C[C@H](O)O[C@@H]1C. The minimum absolute atomic E-state index is 0.0463. The molecule has 0 aromatic rings. The Kier molecular flexibility index (Phi) is 1.36. The van der Waals surface area contributed by atoms with Crippen LogP contribution in [0.15, 0.2) is 12.2 Å². The molecule has 0 aromatic heterocycles. The van der Waals surface area contributed by atoms with Gasteiger partial charge in [0.1, 0.15) is 0 Å². The van der Waals surface area contributed by atoms with Crippen molar-refractivity contribution in [2.45, 2.75) is 25.7 Å². The van der Waals surface area contributed by atoms with Gasteiger partial charge in [-0.25, -0.2) is 0 Å². The van der Waals surface area contributed by atoms with Crippen LogP contribution in [-0.2, 0) is 4.74 Å². The lowest BCUT2D eigenvalue weighted by Crippen LogP contribution is -2.05. The first-order chi connectivity index (χ1) is 3.70. The summed E-state index contributed by atoms with van der Waals surface area (Å²) in [6, 6.07) is 0. The van der Waals surface area contributed by atoms with Gasteiger partial charge in [0.05, 0.1) is 6.10 Å². The second-order valence-electron chi connectivity index (χ2n) is 2.10. The van der Waals surface area contributed by atoms with Crippen molar-refractivity contribution in [3.63, 3.8) is 0 Å². The van der Waals surface area contributed by atoms with E-state index in [9.17, 15) is 0 Å². The fraction of sp³-hybridized carbons (Fsp3) is 0.667. The zero-order valence-corrected chi connectivity index (χ0v) is 4.92. The van der Waals surface area contributed by atoms with Crippen LogP contribution in [0.5, 0.6) is 0 Å². The second kappa shape index (κ2) is 1.88. The highest BCUT2D eigenvalue weighted by molar-refractivity contribution is 5.05. The van der Waals surface area contributed by atoms with E-state index in [1.54, 1.807) is 0 Å². The molecule has 1 saturated heterocycles. The summed E-state index contributed by atoms with van der Waals surface area (Å²) in [5.74, 6) is 0. The third kappa shape index (κ3) is 0.904. The van der Waals surface area contributed by atoms with E-state index in [2.05, 4.69) is 6.58 Å². The lowest BCUT2D eigenvalue weighted by molar-refractivity contribution is -0.0837. The Morgan fingerprint density at radius 3 is 2.62 bits per heavy atom. The van der Waals surface area contributed by atoms with E-state index in [1.165, 1.54) is 0 Å². The van der Waals surface area contributed by atoms with Crippen molar-refractivity contribution in [3.8, 4) is 0 Å². The second-order valence-corrected chi connectivity index (χ2v) is 2.10. The zero-order valence-electron chi connectivity index (χ0n) is 4.92. The Morgan fingerprint density at radius 2 is 2.50 bits per heavy atom. The molecule has 1 aliphatic rings. The molecule has 1 heterocycles. The topological polar surface area (TPSA) is 29.5 Å². The summed E-state index contributed by atoms with van der Waals surface area (Å²) < 4.78 is 4.93.